The van der Waals surface area contributed by atoms with Crippen LogP contribution in [0.25, 0.3) is 0 Å². The van der Waals surface area contributed by atoms with Crippen molar-refractivity contribution in [3.05, 3.63) is 65.7 Å². The Hall–Kier alpha value is -1.94. The Kier molecular flexibility index (Phi) is 5.28. The highest BCUT2D eigenvalue weighted by atomic mass is 19.1. The molecule has 0 aliphatic rings. The minimum absolute atomic E-state index is 0.0664. The maximum Gasteiger partial charge on any atom is 0.125 e. The van der Waals surface area contributed by atoms with Crippen LogP contribution in [0.15, 0.2) is 48.5 Å². The van der Waals surface area contributed by atoms with E-state index in [9.17, 15) is 8.78 Å². The third kappa shape index (κ3) is 4.26. The van der Waals surface area contributed by atoms with Gasteiger partial charge in [0.1, 0.15) is 11.6 Å². The Balaban J connectivity index is 2.00. The molecule has 0 radical (unpaired) electrons. The predicted molar refractivity (Wildman–Crippen MR) is 82.5 cm³/mol. The summed E-state index contributed by atoms with van der Waals surface area (Å²) in [4.78, 5) is 1.99. The molecule has 2 aromatic rings. The molecule has 0 spiro atoms. The average molecular weight is 290 g/mol. The molecular weight excluding hydrogens is 270 g/mol. The summed E-state index contributed by atoms with van der Waals surface area (Å²) in [5.41, 5.74) is 1.76. The number of nitrogens with zero attached hydrogens (tertiary/aromatic N) is 1. The molecule has 2 aromatic carbocycles. The molecule has 2 rings (SSSR count). The summed E-state index contributed by atoms with van der Waals surface area (Å²) in [7, 11) is 3.78. The molecule has 0 saturated carbocycles. The molecule has 2 nitrogen and oxygen atoms in total. The SMILES string of the molecule is CNC(CCN(C)c1cccc(F)c1)c1cccc(F)c1. The fourth-order valence-electron chi connectivity index (χ4n) is 2.37. The van der Waals surface area contributed by atoms with Gasteiger partial charge in [-0.05, 0) is 49.4 Å². The van der Waals surface area contributed by atoms with Crippen LogP contribution < -0.4 is 10.2 Å². The monoisotopic (exact) mass is 290 g/mol. The highest BCUT2D eigenvalue weighted by molar-refractivity contribution is 5.45. The quantitative estimate of drug-likeness (QED) is 0.871. The van der Waals surface area contributed by atoms with Gasteiger partial charge >= 0.3 is 0 Å². The number of benzene rings is 2. The number of hydrogen-bond donors (Lipinski definition) is 1. The topological polar surface area (TPSA) is 15.3 Å². The van der Waals surface area contributed by atoms with E-state index in [1.807, 2.05) is 31.1 Å². The number of rotatable bonds is 6. The van der Waals surface area contributed by atoms with Gasteiger partial charge in [0.05, 0.1) is 0 Å². The van der Waals surface area contributed by atoms with Gasteiger partial charge in [0.2, 0.25) is 0 Å². The van der Waals surface area contributed by atoms with Gasteiger partial charge in [-0.1, -0.05) is 18.2 Å². The van der Waals surface area contributed by atoms with Gasteiger partial charge in [-0.25, -0.2) is 8.78 Å². The number of hydrogen-bond acceptors (Lipinski definition) is 2. The first-order chi connectivity index (χ1) is 10.1. The second kappa shape index (κ2) is 7.18. The zero-order valence-electron chi connectivity index (χ0n) is 12.3. The van der Waals surface area contributed by atoms with Crippen molar-refractivity contribution in [3.8, 4) is 0 Å². The van der Waals surface area contributed by atoms with Crippen LogP contribution in [-0.2, 0) is 0 Å². The first-order valence-electron chi connectivity index (χ1n) is 6.99. The van der Waals surface area contributed by atoms with Gasteiger partial charge in [-0.15, -0.1) is 0 Å². The highest BCUT2D eigenvalue weighted by Gasteiger charge is 2.11. The summed E-state index contributed by atoms with van der Waals surface area (Å²) in [6.07, 6.45) is 0.799. The average Bonchev–Trinajstić information content (AvgIpc) is 2.48. The second-order valence-electron chi connectivity index (χ2n) is 5.09. The fraction of sp³-hybridized carbons (Fsp3) is 0.294. The molecule has 112 valence electrons. The fourth-order valence-corrected chi connectivity index (χ4v) is 2.37. The molecule has 0 heterocycles. The van der Waals surface area contributed by atoms with E-state index in [4.69, 9.17) is 0 Å². The van der Waals surface area contributed by atoms with E-state index in [2.05, 4.69) is 5.32 Å². The molecule has 4 heteroatoms. The van der Waals surface area contributed by atoms with Gasteiger partial charge in [-0.3, -0.25) is 0 Å². The van der Waals surface area contributed by atoms with Crippen molar-refractivity contribution in [1.29, 1.82) is 0 Å². The van der Waals surface area contributed by atoms with Crippen LogP contribution in [0.1, 0.15) is 18.0 Å². The van der Waals surface area contributed by atoms with Crippen molar-refractivity contribution >= 4 is 5.69 Å². The van der Waals surface area contributed by atoms with Crippen molar-refractivity contribution in [3.63, 3.8) is 0 Å². The van der Waals surface area contributed by atoms with E-state index in [-0.39, 0.29) is 17.7 Å². The zero-order valence-corrected chi connectivity index (χ0v) is 12.3. The van der Waals surface area contributed by atoms with Crippen LogP contribution in [-0.4, -0.2) is 20.6 Å². The molecule has 0 aliphatic carbocycles. The van der Waals surface area contributed by atoms with Crippen molar-refractivity contribution in [2.75, 3.05) is 25.5 Å². The first-order valence-corrected chi connectivity index (χ1v) is 6.99. The summed E-state index contributed by atoms with van der Waals surface area (Å²) in [5, 5.41) is 3.20. The largest absolute Gasteiger partial charge is 0.374 e. The molecular formula is C17H20F2N2. The first kappa shape index (κ1) is 15.4. The van der Waals surface area contributed by atoms with Crippen LogP contribution in [0.3, 0.4) is 0 Å². The Morgan fingerprint density at radius 2 is 1.71 bits per heavy atom. The molecule has 1 N–H and O–H groups in total. The van der Waals surface area contributed by atoms with Crippen LogP contribution in [0.2, 0.25) is 0 Å². The summed E-state index contributed by atoms with van der Waals surface area (Å²) < 4.78 is 26.5. The Morgan fingerprint density at radius 3 is 2.33 bits per heavy atom. The maximum absolute atomic E-state index is 13.3. The minimum atomic E-state index is -0.241. The third-order valence-corrected chi connectivity index (χ3v) is 3.60. The van der Waals surface area contributed by atoms with Crippen LogP contribution in [0, 0.1) is 11.6 Å². The van der Waals surface area contributed by atoms with E-state index < -0.39 is 0 Å². The zero-order chi connectivity index (χ0) is 15.2. The number of nitrogens with one attached hydrogen (secondary N) is 1. The summed E-state index contributed by atoms with van der Waals surface area (Å²) in [6, 6.07) is 13.2. The maximum atomic E-state index is 13.3. The molecule has 0 bridgehead atoms. The lowest BCUT2D eigenvalue weighted by Crippen LogP contribution is -2.25. The summed E-state index contributed by atoms with van der Waals surface area (Å²) in [6.45, 7) is 0.742. The summed E-state index contributed by atoms with van der Waals surface area (Å²) in [5.74, 6) is -0.471. The van der Waals surface area contributed by atoms with Crippen molar-refractivity contribution < 1.29 is 8.78 Å². The molecule has 0 saturated heterocycles. The van der Waals surface area contributed by atoms with E-state index in [0.717, 1.165) is 24.2 Å². The Morgan fingerprint density at radius 1 is 1.05 bits per heavy atom. The molecule has 0 aromatic heterocycles. The van der Waals surface area contributed by atoms with Crippen LogP contribution in [0.5, 0.6) is 0 Å². The van der Waals surface area contributed by atoms with Crippen molar-refractivity contribution in [2.24, 2.45) is 0 Å². The lowest BCUT2D eigenvalue weighted by molar-refractivity contribution is 0.542. The van der Waals surface area contributed by atoms with Crippen molar-refractivity contribution in [1.82, 2.24) is 5.32 Å². The van der Waals surface area contributed by atoms with Gasteiger partial charge < -0.3 is 10.2 Å². The van der Waals surface area contributed by atoms with E-state index in [1.54, 1.807) is 18.2 Å². The Bertz CT molecular complexity index is 587. The molecule has 1 unspecified atom stereocenters. The normalized spacial score (nSPS) is 12.2. The number of halogens is 2. The van der Waals surface area contributed by atoms with E-state index >= 15 is 0 Å². The molecule has 21 heavy (non-hydrogen) atoms. The lowest BCUT2D eigenvalue weighted by Gasteiger charge is -2.23. The van der Waals surface area contributed by atoms with E-state index in [0.29, 0.717) is 0 Å². The van der Waals surface area contributed by atoms with Gasteiger partial charge in [0.25, 0.3) is 0 Å². The predicted octanol–water partition coefficient (Wildman–Crippen LogP) is 3.75. The van der Waals surface area contributed by atoms with Gasteiger partial charge in [0.15, 0.2) is 0 Å². The van der Waals surface area contributed by atoms with E-state index in [1.165, 1.54) is 18.2 Å². The lowest BCUT2D eigenvalue weighted by atomic mass is 10.0. The summed E-state index contributed by atoms with van der Waals surface area (Å²) >= 11 is 0. The molecule has 0 fully saturated rings. The third-order valence-electron chi connectivity index (χ3n) is 3.60. The van der Waals surface area contributed by atoms with Gasteiger partial charge in [0, 0.05) is 25.3 Å². The Labute approximate surface area is 124 Å². The highest BCUT2D eigenvalue weighted by Crippen LogP contribution is 2.20. The van der Waals surface area contributed by atoms with Gasteiger partial charge in [-0.2, -0.15) is 0 Å². The number of anilines is 1. The smallest absolute Gasteiger partial charge is 0.125 e. The van der Waals surface area contributed by atoms with Crippen LogP contribution >= 0.6 is 0 Å². The molecule has 0 aliphatic heterocycles. The van der Waals surface area contributed by atoms with Crippen LogP contribution in [0.4, 0.5) is 14.5 Å². The minimum Gasteiger partial charge on any atom is -0.374 e. The standard InChI is InChI=1S/C17H20F2N2/c1-20-17(13-5-3-6-14(18)11-13)9-10-21(2)16-8-4-7-15(19)12-16/h3-8,11-12,17,20H,9-10H2,1-2H3. The molecule has 1 atom stereocenters. The second-order valence-corrected chi connectivity index (χ2v) is 5.09. The molecule has 0 amide bonds. The van der Waals surface area contributed by atoms with Crippen molar-refractivity contribution in [2.45, 2.75) is 12.5 Å².